The van der Waals surface area contributed by atoms with E-state index in [1.165, 1.54) is 0 Å². The van der Waals surface area contributed by atoms with Gasteiger partial charge in [0.2, 0.25) is 0 Å². The van der Waals surface area contributed by atoms with E-state index < -0.39 is 5.97 Å². The van der Waals surface area contributed by atoms with Gasteiger partial charge in [-0.25, -0.2) is 9.80 Å². The van der Waals surface area contributed by atoms with Crippen LogP contribution in [0.2, 0.25) is 0 Å². The Morgan fingerprint density at radius 1 is 1.00 bits per heavy atom. The highest BCUT2D eigenvalue weighted by Crippen LogP contribution is 2.04. The highest BCUT2D eigenvalue weighted by Gasteiger charge is 2.22. The summed E-state index contributed by atoms with van der Waals surface area (Å²) in [6, 6.07) is -0.0725. The number of carbonyl (C=O) groups is 2. The molecule has 2 saturated heterocycles. The first-order valence-electron chi connectivity index (χ1n) is 7.48. The molecule has 0 spiro atoms. The number of carboxylic acid groups (broad SMARTS) is 1. The number of hydrogen-bond acceptors (Lipinski definition) is 5. The lowest BCUT2D eigenvalue weighted by atomic mass is 10.4. The number of hydrogen-bond donors (Lipinski definition) is 2. The minimum atomic E-state index is -0.815. The number of nitrogens with one attached hydrogen (secondary N) is 1. The van der Waals surface area contributed by atoms with Crippen LogP contribution in [0.4, 0.5) is 4.79 Å². The molecule has 2 heterocycles. The zero-order chi connectivity index (χ0) is 15.2. The van der Waals surface area contributed by atoms with Gasteiger partial charge in [0.05, 0.1) is 6.54 Å². The van der Waals surface area contributed by atoms with Gasteiger partial charge in [-0.15, -0.1) is 0 Å². The number of piperazine rings is 1. The van der Waals surface area contributed by atoms with Crippen LogP contribution >= 0.6 is 0 Å². The Bertz CT molecular complexity index is 371. The first-order valence-corrected chi connectivity index (χ1v) is 7.48. The van der Waals surface area contributed by atoms with Crippen molar-refractivity contribution < 1.29 is 14.7 Å². The molecule has 0 saturated carbocycles. The molecule has 0 unspecified atom stereocenters. The molecule has 0 atom stereocenters. The zero-order valence-corrected chi connectivity index (χ0v) is 12.6. The van der Waals surface area contributed by atoms with Crippen molar-refractivity contribution >= 4 is 12.0 Å². The third kappa shape index (κ3) is 5.14. The standard InChI is InChI=1S/C13H25N5O3/c1-15-5-9-18(10-6-15)14-13(21)17-4-2-3-16(7-8-17)11-12(19)20/h2-11H2,1H3,(H,14,21)(H,19,20). The fourth-order valence-electron chi connectivity index (χ4n) is 2.65. The van der Waals surface area contributed by atoms with E-state index in [0.29, 0.717) is 19.6 Å². The molecular weight excluding hydrogens is 274 g/mol. The first-order chi connectivity index (χ1) is 10.0. The van der Waals surface area contributed by atoms with Crippen LogP contribution in [0.3, 0.4) is 0 Å². The lowest BCUT2D eigenvalue weighted by Gasteiger charge is -2.34. The van der Waals surface area contributed by atoms with Gasteiger partial charge < -0.3 is 14.9 Å². The van der Waals surface area contributed by atoms with Gasteiger partial charge in [-0.1, -0.05) is 0 Å². The van der Waals surface area contributed by atoms with Gasteiger partial charge in [0.15, 0.2) is 0 Å². The molecule has 2 aliphatic rings. The van der Waals surface area contributed by atoms with Crippen molar-refractivity contribution in [3.63, 3.8) is 0 Å². The molecule has 0 aromatic heterocycles. The number of urea groups is 1. The van der Waals surface area contributed by atoms with Gasteiger partial charge in [0.25, 0.3) is 0 Å². The summed E-state index contributed by atoms with van der Waals surface area (Å²) < 4.78 is 0. The highest BCUT2D eigenvalue weighted by atomic mass is 16.4. The summed E-state index contributed by atoms with van der Waals surface area (Å²) in [6.07, 6.45) is 0.809. The first kappa shape index (κ1) is 16.0. The summed E-state index contributed by atoms with van der Waals surface area (Å²) in [4.78, 5) is 28.9. The van der Waals surface area contributed by atoms with Crippen LogP contribution in [0.15, 0.2) is 0 Å². The molecule has 0 aromatic carbocycles. The van der Waals surface area contributed by atoms with Crippen LogP contribution in [0, 0.1) is 0 Å². The lowest BCUT2D eigenvalue weighted by molar-refractivity contribution is -0.138. The molecule has 2 fully saturated rings. The van der Waals surface area contributed by atoms with Gasteiger partial charge in [0.1, 0.15) is 0 Å². The Labute approximate surface area is 125 Å². The lowest BCUT2D eigenvalue weighted by Crippen LogP contribution is -2.56. The van der Waals surface area contributed by atoms with E-state index in [-0.39, 0.29) is 12.6 Å². The number of carbonyl (C=O) groups excluding carboxylic acids is 1. The number of rotatable bonds is 3. The van der Waals surface area contributed by atoms with E-state index in [4.69, 9.17) is 5.11 Å². The minimum absolute atomic E-state index is 0.0495. The molecule has 0 aliphatic carbocycles. The average Bonchev–Trinajstić information content (AvgIpc) is 2.66. The summed E-state index contributed by atoms with van der Waals surface area (Å²) in [5.74, 6) is -0.815. The van der Waals surface area contributed by atoms with E-state index in [1.54, 1.807) is 4.90 Å². The van der Waals surface area contributed by atoms with Crippen LogP contribution in [-0.2, 0) is 4.79 Å². The van der Waals surface area contributed by atoms with E-state index in [0.717, 1.165) is 39.1 Å². The van der Waals surface area contributed by atoms with Crippen LogP contribution in [-0.4, -0.2) is 103 Å². The van der Waals surface area contributed by atoms with Gasteiger partial charge in [-0.2, -0.15) is 0 Å². The van der Waals surface area contributed by atoms with Gasteiger partial charge in [0, 0.05) is 52.4 Å². The second-order valence-electron chi connectivity index (χ2n) is 5.72. The number of nitrogens with zero attached hydrogens (tertiary/aromatic N) is 4. The third-order valence-electron chi connectivity index (χ3n) is 3.99. The zero-order valence-electron chi connectivity index (χ0n) is 12.6. The van der Waals surface area contributed by atoms with Crippen molar-refractivity contribution in [2.45, 2.75) is 6.42 Å². The number of carboxylic acids is 1. The van der Waals surface area contributed by atoms with Crippen molar-refractivity contribution in [3.8, 4) is 0 Å². The van der Waals surface area contributed by atoms with Gasteiger partial charge >= 0.3 is 12.0 Å². The Kier molecular flexibility index (Phi) is 5.77. The molecule has 120 valence electrons. The number of aliphatic carboxylic acids is 1. The van der Waals surface area contributed by atoms with Crippen molar-refractivity contribution in [2.24, 2.45) is 0 Å². The molecule has 0 radical (unpaired) electrons. The van der Waals surface area contributed by atoms with E-state index >= 15 is 0 Å². The molecule has 0 bridgehead atoms. The largest absolute Gasteiger partial charge is 0.480 e. The summed E-state index contributed by atoms with van der Waals surface area (Å²) in [7, 11) is 2.07. The Hall–Kier alpha value is -1.38. The maximum absolute atomic E-state index is 12.3. The molecule has 2 rings (SSSR count). The fourth-order valence-corrected chi connectivity index (χ4v) is 2.65. The SMILES string of the molecule is CN1CCN(NC(=O)N2CCCN(CC(=O)O)CC2)CC1. The van der Waals surface area contributed by atoms with Crippen LogP contribution in [0.25, 0.3) is 0 Å². The molecule has 0 aromatic rings. The van der Waals surface area contributed by atoms with Crippen molar-refractivity contribution in [2.75, 3.05) is 66.0 Å². The highest BCUT2D eigenvalue weighted by molar-refractivity contribution is 5.73. The van der Waals surface area contributed by atoms with Crippen molar-refractivity contribution in [1.82, 2.24) is 25.1 Å². The fraction of sp³-hybridized carbons (Fsp3) is 0.846. The van der Waals surface area contributed by atoms with Crippen LogP contribution in [0.1, 0.15) is 6.42 Å². The molecule has 2 N–H and O–H groups in total. The predicted octanol–water partition coefficient (Wildman–Crippen LogP) is -1.05. The van der Waals surface area contributed by atoms with E-state index in [9.17, 15) is 9.59 Å². The Balaban J connectivity index is 1.76. The van der Waals surface area contributed by atoms with E-state index in [1.807, 2.05) is 9.91 Å². The monoisotopic (exact) mass is 299 g/mol. The van der Waals surface area contributed by atoms with E-state index in [2.05, 4.69) is 17.4 Å². The smallest absolute Gasteiger partial charge is 0.331 e. The molecule has 2 aliphatic heterocycles. The summed E-state index contributed by atoms with van der Waals surface area (Å²) in [5.41, 5.74) is 2.95. The minimum Gasteiger partial charge on any atom is -0.480 e. The second kappa shape index (κ2) is 7.58. The third-order valence-corrected chi connectivity index (χ3v) is 3.99. The molecule has 21 heavy (non-hydrogen) atoms. The number of likely N-dealkylation sites (N-methyl/N-ethyl adjacent to an activating group) is 1. The molecule has 2 amide bonds. The molecule has 8 heteroatoms. The van der Waals surface area contributed by atoms with Gasteiger partial charge in [-0.3, -0.25) is 15.1 Å². The quantitative estimate of drug-likeness (QED) is 0.692. The Morgan fingerprint density at radius 3 is 2.38 bits per heavy atom. The number of amides is 2. The van der Waals surface area contributed by atoms with Gasteiger partial charge in [-0.05, 0) is 13.5 Å². The van der Waals surface area contributed by atoms with Crippen LogP contribution in [0.5, 0.6) is 0 Å². The summed E-state index contributed by atoms with van der Waals surface area (Å²) in [6.45, 7) is 6.21. The number of hydrazine groups is 1. The maximum Gasteiger partial charge on any atom is 0.331 e. The molecule has 8 nitrogen and oxygen atoms in total. The van der Waals surface area contributed by atoms with Crippen LogP contribution < -0.4 is 5.43 Å². The average molecular weight is 299 g/mol. The predicted molar refractivity (Wildman–Crippen MR) is 77.9 cm³/mol. The molecular formula is C13H25N5O3. The second-order valence-corrected chi connectivity index (χ2v) is 5.72. The summed E-state index contributed by atoms with van der Waals surface area (Å²) >= 11 is 0. The topological polar surface area (TPSA) is 79.4 Å². The van der Waals surface area contributed by atoms with Crippen molar-refractivity contribution in [1.29, 1.82) is 0 Å². The maximum atomic E-state index is 12.3. The Morgan fingerprint density at radius 2 is 1.71 bits per heavy atom. The van der Waals surface area contributed by atoms with Crippen molar-refractivity contribution in [3.05, 3.63) is 0 Å². The normalized spacial score (nSPS) is 22.8. The summed E-state index contributed by atoms with van der Waals surface area (Å²) in [5, 5.41) is 10.8.